The first kappa shape index (κ1) is 19.1. The van der Waals surface area contributed by atoms with Crippen molar-refractivity contribution in [1.29, 1.82) is 0 Å². The fraction of sp³-hybridized carbons (Fsp3) is 0.667. The fourth-order valence-corrected chi connectivity index (χ4v) is 1.90. The highest BCUT2D eigenvalue weighted by Crippen LogP contribution is 2.15. The second-order valence-electron chi connectivity index (χ2n) is 5.31. The van der Waals surface area contributed by atoms with Gasteiger partial charge in [0.15, 0.2) is 6.29 Å². The molecular formula is C18H32O2. The van der Waals surface area contributed by atoms with Gasteiger partial charge in [-0.05, 0) is 65.9 Å². The highest BCUT2D eigenvalue weighted by Gasteiger charge is 2.11. The van der Waals surface area contributed by atoms with E-state index in [1.807, 2.05) is 13.8 Å². The molecule has 0 aromatic heterocycles. The zero-order valence-corrected chi connectivity index (χ0v) is 14.0. The van der Waals surface area contributed by atoms with E-state index in [4.69, 9.17) is 9.47 Å². The van der Waals surface area contributed by atoms with Crippen molar-refractivity contribution in [2.45, 2.75) is 66.6 Å². The van der Waals surface area contributed by atoms with Crippen LogP contribution in [0.1, 0.15) is 60.3 Å². The summed E-state index contributed by atoms with van der Waals surface area (Å²) in [5.41, 5.74) is 3.86. The van der Waals surface area contributed by atoms with E-state index in [0.717, 1.165) is 31.3 Å². The van der Waals surface area contributed by atoms with E-state index >= 15 is 0 Å². The highest BCUT2D eigenvalue weighted by molar-refractivity contribution is 5.05. The molecule has 2 heteroatoms. The van der Waals surface area contributed by atoms with Crippen LogP contribution in [-0.2, 0) is 9.47 Å². The van der Waals surface area contributed by atoms with Crippen LogP contribution in [0.5, 0.6) is 0 Å². The first-order valence-electron chi connectivity index (χ1n) is 7.71. The first-order valence-corrected chi connectivity index (χ1v) is 7.71. The molecule has 0 radical (unpaired) electrons. The van der Waals surface area contributed by atoms with Gasteiger partial charge in [-0.2, -0.15) is 0 Å². The molecule has 20 heavy (non-hydrogen) atoms. The SMILES string of the molecule is C=C(CCC=C(C)CCC=C(C)C)C(OCC)OCC. The average molecular weight is 280 g/mol. The van der Waals surface area contributed by atoms with Gasteiger partial charge in [0.2, 0.25) is 0 Å². The Kier molecular flexibility index (Phi) is 11.4. The van der Waals surface area contributed by atoms with Crippen molar-refractivity contribution in [3.63, 3.8) is 0 Å². The molecule has 0 aliphatic carbocycles. The van der Waals surface area contributed by atoms with Crippen LogP contribution < -0.4 is 0 Å². The molecule has 0 spiro atoms. The predicted molar refractivity (Wildman–Crippen MR) is 87.8 cm³/mol. The summed E-state index contributed by atoms with van der Waals surface area (Å²) in [6.07, 6.45) is 8.55. The van der Waals surface area contributed by atoms with Crippen molar-refractivity contribution in [1.82, 2.24) is 0 Å². The molecule has 0 heterocycles. The van der Waals surface area contributed by atoms with Crippen LogP contribution in [0.15, 0.2) is 35.5 Å². The van der Waals surface area contributed by atoms with E-state index in [0.29, 0.717) is 13.2 Å². The molecule has 2 nitrogen and oxygen atoms in total. The average Bonchev–Trinajstić information content (AvgIpc) is 2.38. The summed E-state index contributed by atoms with van der Waals surface area (Å²) in [4.78, 5) is 0. The molecule has 0 N–H and O–H groups in total. The number of allylic oxidation sites excluding steroid dienone is 4. The molecular weight excluding hydrogens is 248 g/mol. The molecule has 0 amide bonds. The number of hydrogen-bond acceptors (Lipinski definition) is 2. The van der Waals surface area contributed by atoms with Gasteiger partial charge >= 0.3 is 0 Å². The van der Waals surface area contributed by atoms with Gasteiger partial charge in [-0.25, -0.2) is 0 Å². The topological polar surface area (TPSA) is 18.5 Å². The number of hydrogen-bond donors (Lipinski definition) is 0. The lowest BCUT2D eigenvalue weighted by Gasteiger charge is -2.19. The Bertz CT molecular complexity index is 316. The lowest BCUT2D eigenvalue weighted by atomic mass is 10.1. The monoisotopic (exact) mass is 280 g/mol. The summed E-state index contributed by atoms with van der Waals surface area (Å²) in [7, 11) is 0. The largest absolute Gasteiger partial charge is 0.349 e. The van der Waals surface area contributed by atoms with Crippen molar-refractivity contribution in [2.75, 3.05) is 13.2 Å². The maximum Gasteiger partial charge on any atom is 0.179 e. The second-order valence-corrected chi connectivity index (χ2v) is 5.31. The first-order chi connectivity index (χ1) is 9.51. The Morgan fingerprint density at radius 1 is 0.950 bits per heavy atom. The van der Waals surface area contributed by atoms with Gasteiger partial charge in [-0.3, -0.25) is 0 Å². The van der Waals surface area contributed by atoms with Crippen LogP contribution in [-0.4, -0.2) is 19.5 Å². The number of ether oxygens (including phenoxy) is 2. The molecule has 0 saturated heterocycles. The lowest BCUT2D eigenvalue weighted by molar-refractivity contribution is -0.112. The molecule has 0 fully saturated rings. The van der Waals surface area contributed by atoms with Gasteiger partial charge in [0.1, 0.15) is 0 Å². The van der Waals surface area contributed by atoms with Crippen LogP contribution in [0.4, 0.5) is 0 Å². The Morgan fingerprint density at radius 2 is 1.50 bits per heavy atom. The van der Waals surface area contributed by atoms with E-state index in [1.54, 1.807) is 0 Å². The summed E-state index contributed by atoms with van der Waals surface area (Å²) in [5.74, 6) is 0. The zero-order chi connectivity index (χ0) is 15.4. The highest BCUT2D eigenvalue weighted by atomic mass is 16.7. The summed E-state index contributed by atoms with van der Waals surface area (Å²) in [6, 6.07) is 0. The lowest BCUT2D eigenvalue weighted by Crippen LogP contribution is -2.19. The van der Waals surface area contributed by atoms with Crippen LogP contribution >= 0.6 is 0 Å². The van der Waals surface area contributed by atoms with E-state index in [-0.39, 0.29) is 6.29 Å². The zero-order valence-electron chi connectivity index (χ0n) is 14.0. The van der Waals surface area contributed by atoms with Crippen LogP contribution in [0.2, 0.25) is 0 Å². The minimum Gasteiger partial charge on any atom is -0.349 e. The Hall–Kier alpha value is -0.860. The molecule has 0 saturated carbocycles. The molecule has 0 rings (SSSR count). The van der Waals surface area contributed by atoms with Gasteiger partial charge in [-0.1, -0.05) is 29.9 Å². The van der Waals surface area contributed by atoms with Gasteiger partial charge in [0.25, 0.3) is 0 Å². The molecule has 0 aromatic rings. The Labute approximate surface area is 125 Å². The number of rotatable bonds is 11. The van der Waals surface area contributed by atoms with Gasteiger partial charge < -0.3 is 9.47 Å². The maximum absolute atomic E-state index is 5.54. The van der Waals surface area contributed by atoms with Gasteiger partial charge in [-0.15, -0.1) is 0 Å². The standard InChI is InChI=1S/C18H32O2/c1-7-19-18(20-8-2)17(6)14-10-13-16(5)12-9-11-15(3)4/h11,13,18H,6-10,12,14H2,1-5H3. The third kappa shape index (κ3) is 9.99. The Balaban J connectivity index is 4.06. The van der Waals surface area contributed by atoms with E-state index in [9.17, 15) is 0 Å². The molecule has 0 aliphatic rings. The molecule has 0 aromatic carbocycles. The quantitative estimate of drug-likeness (QED) is 0.372. The molecule has 116 valence electrons. The third-order valence-corrected chi connectivity index (χ3v) is 3.02. The molecule has 0 atom stereocenters. The van der Waals surface area contributed by atoms with E-state index in [1.165, 1.54) is 11.1 Å². The van der Waals surface area contributed by atoms with Crippen molar-refractivity contribution >= 4 is 0 Å². The van der Waals surface area contributed by atoms with Gasteiger partial charge in [0, 0.05) is 13.2 Å². The predicted octanol–water partition coefficient (Wildman–Crippen LogP) is 5.41. The van der Waals surface area contributed by atoms with Crippen LogP contribution in [0.3, 0.4) is 0 Å². The normalized spacial score (nSPS) is 11.8. The molecule has 0 bridgehead atoms. The Morgan fingerprint density at radius 3 is 2.00 bits per heavy atom. The second kappa shape index (κ2) is 11.9. The van der Waals surface area contributed by atoms with Crippen molar-refractivity contribution in [3.8, 4) is 0 Å². The molecule has 0 unspecified atom stereocenters. The third-order valence-electron chi connectivity index (χ3n) is 3.02. The van der Waals surface area contributed by atoms with Gasteiger partial charge in [0.05, 0.1) is 0 Å². The summed E-state index contributed by atoms with van der Waals surface area (Å²) in [5, 5.41) is 0. The summed E-state index contributed by atoms with van der Waals surface area (Å²) < 4.78 is 11.1. The molecule has 0 aliphatic heterocycles. The van der Waals surface area contributed by atoms with E-state index < -0.39 is 0 Å². The van der Waals surface area contributed by atoms with Crippen molar-refractivity contribution < 1.29 is 9.47 Å². The maximum atomic E-state index is 5.54. The fourth-order valence-electron chi connectivity index (χ4n) is 1.90. The van der Waals surface area contributed by atoms with Crippen molar-refractivity contribution in [2.24, 2.45) is 0 Å². The van der Waals surface area contributed by atoms with Crippen molar-refractivity contribution in [3.05, 3.63) is 35.5 Å². The van der Waals surface area contributed by atoms with Crippen LogP contribution in [0, 0.1) is 0 Å². The summed E-state index contributed by atoms with van der Waals surface area (Å²) >= 11 is 0. The summed E-state index contributed by atoms with van der Waals surface area (Å²) in [6.45, 7) is 15.8. The van der Waals surface area contributed by atoms with Crippen LogP contribution in [0.25, 0.3) is 0 Å². The minimum absolute atomic E-state index is 0.246. The minimum atomic E-state index is -0.246. The van der Waals surface area contributed by atoms with E-state index in [2.05, 4.69) is 39.5 Å². The smallest absolute Gasteiger partial charge is 0.179 e.